The maximum absolute atomic E-state index is 13.8. The Morgan fingerprint density at radius 1 is 0.714 bits per heavy atom. The number of hydrogen-bond donors (Lipinski definition) is 4. The van der Waals surface area contributed by atoms with E-state index < -0.39 is 24.3 Å². The highest BCUT2D eigenvalue weighted by molar-refractivity contribution is 5.87. The molecule has 1 unspecified atom stereocenters. The van der Waals surface area contributed by atoms with Crippen LogP contribution >= 0.6 is 0 Å². The van der Waals surface area contributed by atoms with E-state index in [9.17, 15) is 19.2 Å². The van der Waals surface area contributed by atoms with Crippen molar-refractivity contribution in [3.8, 4) is 33.6 Å². The zero-order chi connectivity index (χ0) is 39.3. The number of nitrogens with zero attached hydrogens (tertiary/aromatic N) is 4. The lowest BCUT2D eigenvalue weighted by Gasteiger charge is -2.31. The van der Waals surface area contributed by atoms with E-state index in [0.717, 1.165) is 78.0 Å². The summed E-state index contributed by atoms with van der Waals surface area (Å²) in [7, 11) is 2.60. The largest absolute Gasteiger partial charge is 0.453 e. The molecule has 1 saturated carbocycles. The van der Waals surface area contributed by atoms with E-state index in [-0.39, 0.29) is 35.7 Å². The lowest BCUT2D eigenvalue weighted by atomic mass is 9.96. The predicted octanol–water partition coefficient (Wildman–Crippen LogP) is 6.53. The molecule has 2 aliphatic heterocycles. The number of aromatic amines is 2. The Morgan fingerprint density at radius 3 is 1.86 bits per heavy atom. The number of aromatic nitrogens is 4. The van der Waals surface area contributed by atoms with Crippen molar-refractivity contribution in [2.45, 2.75) is 76.5 Å². The summed E-state index contributed by atoms with van der Waals surface area (Å²) in [5.74, 6) is 1.09. The second-order valence-corrected chi connectivity index (χ2v) is 15.1. The molecule has 4 heterocycles. The van der Waals surface area contributed by atoms with Crippen LogP contribution in [-0.4, -0.2) is 93.1 Å². The summed E-state index contributed by atoms with van der Waals surface area (Å²) < 4.78 is 9.60. The number of alkyl carbamates (subject to hydrolysis) is 2. The fourth-order valence-corrected chi connectivity index (χ4v) is 8.19. The number of likely N-dealkylation sites (tertiary alicyclic amines) is 1. The number of carbonyl (C=O) groups is 4. The molecular formula is C42H50N8O6. The van der Waals surface area contributed by atoms with E-state index in [4.69, 9.17) is 9.47 Å². The fraction of sp³-hybridized carbons (Fsp3) is 0.429. The molecule has 4 amide bonds. The normalized spacial score (nSPS) is 19.3. The molecule has 2 fully saturated rings. The van der Waals surface area contributed by atoms with Gasteiger partial charge in [-0.2, -0.15) is 0 Å². The fourth-order valence-electron chi connectivity index (χ4n) is 8.19. The first-order valence-electron chi connectivity index (χ1n) is 19.4. The second-order valence-electron chi connectivity index (χ2n) is 15.1. The Morgan fingerprint density at radius 2 is 1.27 bits per heavy atom. The van der Waals surface area contributed by atoms with Crippen LogP contribution in [0.5, 0.6) is 0 Å². The molecule has 1 aliphatic carbocycles. The van der Waals surface area contributed by atoms with Gasteiger partial charge in [-0.15, -0.1) is 0 Å². The molecule has 14 nitrogen and oxygen atoms in total. The van der Waals surface area contributed by atoms with Crippen LogP contribution < -0.4 is 10.6 Å². The van der Waals surface area contributed by atoms with Crippen molar-refractivity contribution in [2.75, 3.05) is 27.3 Å². The molecule has 56 heavy (non-hydrogen) atoms. The van der Waals surface area contributed by atoms with Gasteiger partial charge in [0.05, 0.1) is 44.0 Å². The van der Waals surface area contributed by atoms with E-state index in [0.29, 0.717) is 18.9 Å². The van der Waals surface area contributed by atoms with E-state index in [2.05, 4.69) is 67.0 Å². The van der Waals surface area contributed by atoms with Crippen LogP contribution in [0.3, 0.4) is 0 Å². The standard InChI is InChI=1S/C42H50N8O6/c1-25(2)35(47-41(53)55-3)39(51)49-21-7-11-33(49)37-43-23-31(45-37)28-17-13-26(14-18-28)27-15-19-29(20-16-27)32-24-44-38(46-32)34-12-8-22-50(34)40(52)36(48-42(54)56-4)30-9-5-6-10-30/h8,12-20,23-25,30,33-36H,5-7,9-11,21-22H2,1-4H3,(H,43,45)(H,44,46)(H,47,53)(H,48,54)/t33-,34-,35-,36?/m0/s1. The van der Waals surface area contributed by atoms with E-state index >= 15 is 0 Å². The highest BCUT2D eigenvalue weighted by Gasteiger charge is 2.40. The molecule has 2 aromatic carbocycles. The van der Waals surface area contributed by atoms with Gasteiger partial charge in [-0.3, -0.25) is 9.59 Å². The van der Waals surface area contributed by atoms with Crippen LogP contribution in [0.2, 0.25) is 0 Å². The van der Waals surface area contributed by atoms with Crippen molar-refractivity contribution in [1.29, 1.82) is 0 Å². The summed E-state index contributed by atoms with van der Waals surface area (Å²) in [6, 6.07) is 14.6. The maximum Gasteiger partial charge on any atom is 0.407 e. The number of H-pyrrole nitrogens is 2. The summed E-state index contributed by atoms with van der Waals surface area (Å²) >= 11 is 0. The van der Waals surface area contributed by atoms with Crippen molar-refractivity contribution in [3.05, 3.63) is 84.7 Å². The topological polar surface area (TPSA) is 175 Å². The van der Waals surface area contributed by atoms with Gasteiger partial charge < -0.3 is 39.9 Å². The monoisotopic (exact) mass is 762 g/mol. The molecular weight excluding hydrogens is 713 g/mol. The third-order valence-corrected chi connectivity index (χ3v) is 11.3. The van der Waals surface area contributed by atoms with Gasteiger partial charge >= 0.3 is 12.2 Å². The summed E-state index contributed by atoms with van der Waals surface area (Å²) in [4.78, 5) is 71.2. The number of amides is 4. The molecule has 4 atom stereocenters. The summed E-state index contributed by atoms with van der Waals surface area (Å²) in [5, 5.41) is 5.50. The highest BCUT2D eigenvalue weighted by atomic mass is 16.5. The molecule has 3 aliphatic rings. The van der Waals surface area contributed by atoms with Crippen LogP contribution in [0.4, 0.5) is 9.59 Å². The van der Waals surface area contributed by atoms with Crippen LogP contribution in [-0.2, 0) is 19.1 Å². The predicted molar refractivity (Wildman–Crippen MR) is 210 cm³/mol. The first-order chi connectivity index (χ1) is 27.1. The van der Waals surface area contributed by atoms with Crippen LogP contribution in [0.25, 0.3) is 33.6 Å². The van der Waals surface area contributed by atoms with E-state index in [1.54, 1.807) is 22.2 Å². The Labute approximate surface area is 326 Å². The quantitative estimate of drug-likeness (QED) is 0.125. The minimum atomic E-state index is -0.688. The molecule has 0 bridgehead atoms. The minimum Gasteiger partial charge on any atom is -0.453 e. The van der Waals surface area contributed by atoms with Gasteiger partial charge in [0.15, 0.2) is 0 Å². The van der Waals surface area contributed by atoms with Crippen LogP contribution in [0, 0.1) is 11.8 Å². The highest BCUT2D eigenvalue weighted by Crippen LogP contribution is 2.35. The maximum atomic E-state index is 13.8. The van der Waals surface area contributed by atoms with Gasteiger partial charge in [-0.05, 0) is 59.8 Å². The molecule has 0 spiro atoms. The summed E-state index contributed by atoms with van der Waals surface area (Å²) in [6.45, 7) is 4.84. The number of methoxy groups -OCH3 is 2. The summed E-state index contributed by atoms with van der Waals surface area (Å²) in [6.07, 6.45) is 11.8. The van der Waals surface area contributed by atoms with Gasteiger partial charge in [0.1, 0.15) is 29.8 Å². The lowest BCUT2D eigenvalue weighted by molar-refractivity contribution is -0.136. The number of rotatable bonds is 11. The zero-order valence-electron chi connectivity index (χ0n) is 32.3. The van der Waals surface area contributed by atoms with E-state index in [1.807, 2.05) is 38.1 Å². The second kappa shape index (κ2) is 16.8. The van der Waals surface area contributed by atoms with Gasteiger partial charge in [0, 0.05) is 13.1 Å². The van der Waals surface area contributed by atoms with Crippen LogP contribution in [0.1, 0.15) is 76.1 Å². The molecule has 4 N–H and O–H groups in total. The average Bonchev–Trinajstić information content (AvgIpc) is 4.07. The molecule has 294 valence electrons. The third-order valence-electron chi connectivity index (χ3n) is 11.3. The van der Waals surface area contributed by atoms with Crippen molar-refractivity contribution < 1.29 is 28.7 Å². The zero-order valence-corrected chi connectivity index (χ0v) is 32.3. The average molecular weight is 763 g/mol. The number of hydrogen-bond acceptors (Lipinski definition) is 8. The number of ether oxygens (including phenoxy) is 2. The number of imidazole rings is 2. The smallest absolute Gasteiger partial charge is 0.407 e. The molecule has 0 radical (unpaired) electrons. The number of benzene rings is 2. The summed E-state index contributed by atoms with van der Waals surface area (Å²) in [5.41, 5.74) is 5.74. The van der Waals surface area contributed by atoms with Crippen molar-refractivity contribution >= 4 is 24.0 Å². The Hall–Kier alpha value is -5.92. The molecule has 7 rings (SSSR count). The first-order valence-corrected chi connectivity index (χ1v) is 19.4. The number of nitrogens with one attached hydrogen (secondary N) is 4. The van der Waals surface area contributed by atoms with Crippen molar-refractivity contribution in [1.82, 2.24) is 40.4 Å². The number of carbonyl (C=O) groups excluding carboxylic acids is 4. The Kier molecular flexibility index (Phi) is 11.5. The van der Waals surface area contributed by atoms with Crippen molar-refractivity contribution in [3.63, 3.8) is 0 Å². The minimum absolute atomic E-state index is 0.0811. The van der Waals surface area contributed by atoms with Gasteiger partial charge in [-0.25, -0.2) is 19.6 Å². The van der Waals surface area contributed by atoms with Gasteiger partial charge in [-0.1, -0.05) is 87.4 Å². The molecule has 2 aromatic heterocycles. The molecule has 14 heteroatoms. The van der Waals surface area contributed by atoms with Gasteiger partial charge in [0.2, 0.25) is 11.8 Å². The third kappa shape index (κ3) is 8.05. The Balaban J connectivity index is 1.000. The van der Waals surface area contributed by atoms with Crippen molar-refractivity contribution in [2.24, 2.45) is 11.8 Å². The SMILES string of the molecule is COC(=O)NC(C(=O)N1CC=C[C@H]1c1ncc(-c2ccc(-c3ccc(-c4cnc([C@@H]5CCCN5C(=O)[C@@H](NC(=O)OC)C(C)C)[nH]4)cc3)cc2)[nH]1)C1CCCC1. The van der Waals surface area contributed by atoms with E-state index in [1.165, 1.54) is 14.2 Å². The van der Waals surface area contributed by atoms with Gasteiger partial charge in [0.25, 0.3) is 0 Å². The van der Waals surface area contributed by atoms with Crippen LogP contribution in [0.15, 0.2) is 73.1 Å². The Bertz CT molecular complexity index is 2050. The molecule has 4 aromatic rings. The lowest BCUT2D eigenvalue weighted by Crippen LogP contribution is -2.51. The first kappa shape index (κ1) is 38.4. The molecule has 1 saturated heterocycles.